The van der Waals surface area contributed by atoms with Crippen LogP contribution in [0.4, 0.5) is 0 Å². The van der Waals surface area contributed by atoms with E-state index in [0.717, 1.165) is 35.1 Å². The summed E-state index contributed by atoms with van der Waals surface area (Å²) in [4.78, 5) is 13.3. The van der Waals surface area contributed by atoms with Crippen molar-refractivity contribution in [3.63, 3.8) is 0 Å². The summed E-state index contributed by atoms with van der Waals surface area (Å²) in [7, 11) is 0. The third kappa shape index (κ3) is 3.07. The highest BCUT2D eigenvalue weighted by molar-refractivity contribution is 6.00. The lowest BCUT2D eigenvalue weighted by molar-refractivity contribution is 0.0935. The van der Waals surface area contributed by atoms with E-state index in [-0.39, 0.29) is 17.9 Å². The summed E-state index contributed by atoms with van der Waals surface area (Å²) >= 11 is 0. The summed E-state index contributed by atoms with van der Waals surface area (Å²) in [6.07, 6.45) is 1.94. The van der Waals surface area contributed by atoms with Crippen LogP contribution in [0.5, 0.6) is 0 Å². The molecule has 3 aromatic carbocycles. The first kappa shape index (κ1) is 18.6. The van der Waals surface area contributed by atoms with Gasteiger partial charge in [-0.15, -0.1) is 5.10 Å². The van der Waals surface area contributed by atoms with Gasteiger partial charge in [0.15, 0.2) is 0 Å². The molecule has 1 N–H and O–H groups in total. The molecule has 1 atom stereocenters. The van der Waals surface area contributed by atoms with Gasteiger partial charge in [0.1, 0.15) is 5.52 Å². The van der Waals surface area contributed by atoms with E-state index in [1.165, 1.54) is 11.1 Å². The van der Waals surface area contributed by atoms with E-state index in [2.05, 4.69) is 47.7 Å². The lowest BCUT2D eigenvalue weighted by Crippen LogP contribution is -2.28. The number of fused-ring (bicyclic) bond motifs is 2. The summed E-state index contributed by atoms with van der Waals surface area (Å²) < 4.78 is 1.83. The number of carbonyl (C=O) groups is 1. The Morgan fingerprint density at radius 3 is 2.60 bits per heavy atom. The number of nitrogens with one attached hydrogen (secondary N) is 1. The van der Waals surface area contributed by atoms with E-state index in [1.807, 2.05) is 53.2 Å². The smallest absolute Gasteiger partial charge is 0.252 e. The summed E-state index contributed by atoms with van der Waals surface area (Å²) in [5.41, 5.74) is 6.83. The number of para-hydroxylation sites is 1. The molecule has 0 fully saturated rings. The van der Waals surface area contributed by atoms with Gasteiger partial charge < -0.3 is 5.32 Å². The molecule has 5 heteroatoms. The van der Waals surface area contributed by atoms with Gasteiger partial charge in [0.2, 0.25) is 0 Å². The van der Waals surface area contributed by atoms with Gasteiger partial charge in [-0.3, -0.25) is 4.79 Å². The molecule has 1 amide bonds. The van der Waals surface area contributed by atoms with E-state index in [4.69, 9.17) is 0 Å². The van der Waals surface area contributed by atoms with Crippen molar-refractivity contribution in [2.45, 2.75) is 38.6 Å². The van der Waals surface area contributed by atoms with Gasteiger partial charge >= 0.3 is 0 Å². The number of benzene rings is 3. The first-order chi connectivity index (χ1) is 14.6. The molecular weight excluding hydrogens is 372 g/mol. The van der Waals surface area contributed by atoms with Gasteiger partial charge in [-0.05, 0) is 59.7 Å². The fourth-order valence-corrected chi connectivity index (χ4v) is 4.50. The average molecular weight is 396 g/mol. The molecule has 0 saturated heterocycles. The molecular formula is C25H24N4O. The quantitative estimate of drug-likeness (QED) is 0.530. The van der Waals surface area contributed by atoms with E-state index in [0.29, 0.717) is 5.56 Å². The molecule has 0 unspecified atom stereocenters. The molecule has 5 rings (SSSR count). The predicted octanol–water partition coefficient (Wildman–Crippen LogP) is 4.96. The number of hydrogen-bond donors (Lipinski definition) is 1. The largest absolute Gasteiger partial charge is 0.345 e. The highest BCUT2D eigenvalue weighted by Gasteiger charge is 2.26. The van der Waals surface area contributed by atoms with Crippen LogP contribution < -0.4 is 5.32 Å². The predicted molar refractivity (Wildman–Crippen MR) is 118 cm³/mol. The van der Waals surface area contributed by atoms with Crippen LogP contribution >= 0.6 is 0 Å². The minimum Gasteiger partial charge on any atom is -0.345 e. The van der Waals surface area contributed by atoms with Crippen molar-refractivity contribution in [1.82, 2.24) is 20.3 Å². The molecule has 1 aromatic heterocycles. The van der Waals surface area contributed by atoms with E-state index in [9.17, 15) is 4.79 Å². The number of carbonyl (C=O) groups excluding carboxylic acids is 1. The summed E-state index contributed by atoms with van der Waals surface area (Å²) in [6.45, 7) is 4.19. The van der Waals surface area contributed by atoms with Gasteiger partial charge in [0.25, 0.3) is 5.91 Å². The molecule has 0 spiro atoms. The summed E-state index contributed by atoms with van der Waals surface area (Å²) in [5, 5.41) is 12.1. The number of nitrogens with zero attached hydrogens (tertiary/aromatic N) is 3. The minimum atomic E-state index is -0.0448. The highest BCUT2D eigenvalue weighted by atomic mass is 16.1. The van der Waals surface area contributed by atoms with E-state index in [1.54, 1.807) is 0 Å². The molecule has 0 aliphatic heterocycles. The van der Waals surface area contributed by atoms with Crippen LogP contribution in [0.2, 0.25) is 0 Å². The van der Waals surface area contributed by atoms with Crippen molar-refractivity contribution in [2.75, 3.05) is 0 Å². The third-order valence-corrected chi connectivity index (χ3v) is 5.92. The third-order valence-electron chi connectivity index (χ3n) is 5.92. The van der Waals surface area contributed by atoms with Crippen LogP contribution in [0.3, 0.4) is 0 Å². The maximum atomic E-state index is 13.3. The van der Waals surface area contributed by atoms with Gasteiger partial charge in [-0.1, -0.05) is 61.5 Å². The van der Waals surface area contributed by atoms with E-state index >= 15 is 0 Å². The molecule has 4 aromatic rings. The number of amides is 1. The molecule has 1 heterocycles. The second kappa shape index (κ2) is 7.41. The zero-order chi connectivity index (χ0) is 20.7. The lowest BCUT2D eigenvalue weighted by Gasteiger charge is -2.18. The second-order valence-corrected chi connectivity index (χ2v) is 8.15. The van der Waals surface area contributed by atoms with Gasteiger partial charge in [0, 0.05) is 5.56 Å². The van der Waals surface area contributed by atoms with Gasteiger partial charge in [-0.2, -0.15) is 0 Å². The number of aromatic nitrogens is 3. The first-order valence-corrected chi connectivity index (χ1v) is 10.5. The van der Waals surface area contributed by atoms with Crippen LogP contribution in [-0.2, 0) is 6.42 Å². The highest BCUT2D eigenvalue weighted by Crippen LogP contribution is 2.33. The Bertz CT molecular complexity index is 1230. The van der Waals surface area contributed by atoms with Crippen molar-refractivity contribution in [1.29, 1.82) is 0 Å². The Balaban J connectivity index is 1.53. The van der Waals surface area contributed by atoms with Crippen LogP contribution in [0.15, 0.2) is 66.7 Å². The number of hydrogen-bond acceptors (Lipinski definition) is 3. The summed E-state index contributed by atoms with van der Waals surface area (Å²) in [6, 6.07) is 22.2. The van der Waals surface area contributed by atoms with Crippen LogP contribution in [0, 0.1) is 0 Å². The Labute approximate surface area is 175 Å². The Morgan fingerprint density at radius 1 is 1.03 bits per heavy atom. The van der Waals surface area contributed by atoms with Crippen molar-refractivity contribution in [2.24, 2.45) is 0 Å². The van der Waals surface area contributed by atoms with Gasteiger partial charge in [0.05, 0.1) is 17.2 Å². The molecule has 0 saturated carbocycles. The lowest BCUT2D eigenvalue weighted by atomic mass is 9.94. The molecule has 150 valence electrons. The molecule has 0 bridgehead atoms. The standard InChI is InChI=1S/C25H24N4O/c1-16(2)23-20(25(30)26-21-14-12-17-8-6-7-11-19(17)21)13-15-22-24(23)27-28-29(22)18-9-4-3-5-10-18/h3-11,13,15-16,21H,12,14H2,1-2H3,(H,26,30)/t21-/m0/s1. The topological polar surface area (TPSA) is 59.8 Å². The monoisotopic (exact) mass is 396 g/mol. The minimum absolute atomic E-state index is 0.0448. The molecule has 0 radical (unpaired) electrons. The van der Waals surface area contributed by atoms with Crippen molar-refractivity contribution in [3.8, 4) is 5.69 Å². The fourth-order valence-electron chi connectivity index (χ4n) is 4.50. The Kier molecular flexibility index (Phi) is 4.58. The van der Waals surface area contributed by atoms with Crippen molar-refractivity contribution >= 4 is 16.9 Å². The summed E-state index contributed by atoms with van der Waals surface area (Å²) in [5.74, 6) is 0.0998. The first-order valence-electron chi connectivity index (χ1n) is 10.5. The molecule has 5 nitrogen and oxygen atoms in total. The average Bonchev–Trinajstić information content (AvgIpc) is 3.38. The van der Waals surface area contributed by atoms with Crippen molar-refractivity contribution < 1.29 is 4.79 Å². The number of rotatable bonds is 4. The van der Waals surface area contributed by atoms with Crippen molar-refractivity contribution in [3.05, 3.63) is 89.0 Å². The van der Waals surface area contributed by atoms with E-state index < -0.39 is 0 Å². The second-order valence-electron chi connectivity index (χ2n) is 8.15. The number of aryl methyl sites for hydroxylation is 1. The molecule has 1 aliphatic carbocycles. The SMILES string of the molecule is CC(C)c1c(C(=O)N[C@H]2CCc3ccccc32)ccc2c1nnn2-c1ccccc1. The normalized spacial score (nSPS) is 15.5. The Hall–Kier alpha value is -3.47. The Morgan fingerprint density at radius 2 is 1.80 bits per heavy atom. The van der Waals surface area contributed by atoms with Crippen LogP contribution in [0.25, 0.3) is 16.7 Å². The zero-order valence-corrected chi connectivity index (χ0v) is 17.2. The maximum Gasteiger partial charge on any atom is 0.252 e. The zero-order valence-electron chi connectivity index (χ0n) is 17.2. The maximum absolute atomic E-state index is 13.3. The van der Waals surface area contributed by atoms with Gasteiger partial charge in [-0.25, -0.2) is 4.68 Å². The fraction of sp³-hybridized carbons (Fsp3) is 0.240. The molecule has 30 heavy (non-hydrogen) atoms. The van der Waals surface area contributed by atoms with Crippen LogP contribution in [-0.4, -0.2) is 20.9 Å². The van der Waals surface area contributed by atoms with Crippen LogP contribution in [0.1, 0.15) is 59.3 Å². The molecule has 1 aliphatic rings.